The van der Waals surface area contributed by atoms with E-state index in [-0.39, 0.29) is 0 Å². The summed E-state index contributed by atoms with van der Waals surface area (Å²) < 4.78 is 4.92. The maximum absolute atomic E-state index is 11.5. The van der Waals surface area contributed by atoms with Crippen LogP contribution < -0.4 is 0 Å². The molecule has 0 fully saturated rings. The van der Waals surface area contributed by atoms with Gasteiger partial charge in [0.05, 0.1) is 11.8 Å². The van der Waals surface area contributed by atoms with Crippen LogP contribution in [-0.4, -0.2) is 5.97 Å². The second-order valence-corrected chi connectivity index (χ2v) is 3.74. The molecular formula is C16H16O2. The first-order chi connectivity index (χ1) is 8.63. The largest absolute Gasteiger partial charge is 0.431 e. The summed E-state index contributed by atoms with van der Waals surface area (Å²) in [6, 6.07) is 9.67. The zero-order valence-corrected chi connectivity index (χ0v) is 10.4. The highest BCUT2D eigenvalue weighted by molar-refractivity contribution is 5.92. The number of ether oxygens (including phenoxy) is 1. The van der Waals surface area contributed by atoms with E-state index in [4.69, 9.17) is 4.74 Å². The predicted octanol–water partition coefficient (Wildman–Crippen LogP) is 3.89. The molecule has 0 amide bonds. The maximum Gasteiger partial charge on any atom is 0.342 e. The van der Waals surface area contributed by atoms with Crippen molar-refractivity contribution in [3.05, 3.63) is 78.6 Å². The molecule has 0 aliphatic rings. The van der Waals surface area contributed by atoms with E-state index in [0.29, 0.717) is 5.57 Å². The minimum Gasteiger partial charge on any atom is -0.431 e. The summed E-state index contributed by atoms with van der Waals surface area (Å²) in [5.41, 5.74) is 2.08. The summed E-state index contributed by atoms with van der Waals surface area (Å²) in [4.78, 5) is 11.5. The Morgan fingerprint density at radius 1 is 1.28 bits per heavy atom. The van der Waals surface area contributed by atoms with E-state index in [9.17, 15) is 4.79 Å². The van der Waals surface area contributed by atoms with Crippen molar-refractivity contribution in [2.45, 2.75) is 6.92 Å². The Balaban J connectivity index is 2.58. The normalized spacial score (nSPS) is 11.3. The predicted molar refractivity (Wildman–Crippen MR) is 74.7 cm³/mol. The van der Waals surface area contributed by atoms with Crippen LogP contribution in [0, 0.1) is 0 Å². The molecule has 0 heterocycles. The molecule has 2 heteroatoms. The van der Waals surface area contributed by atoms with Gasteiger partial charge in [0.25, 0.3) is 0 Å². The molecule has 0 saturated heterocycles. The van der Waals surface area contributed by atoms with Crippen molar-refractivity contribution in [2.75, 3.05) is 0 Å². The average molecular weight is 240 g/mol. The van der Waals surface area contributed by atoms with Crippen molar-refractivity contribution in [3.8, 4) is 0 Å². The zero-order chi connectivity index (χ0) is 13.4. The lowest BCUT2D eigenvalue weighted by Crippen LogP contribution is -2.00. The molecule has 0 aliphatic heterocycles. The summed E-state index contributed by atoms with van der Waals surface area (Å²) >= 11 is 0. The molecule has 0 radical (unpaired) electrons. The van der Waals surface area contributed by atoms with E-state index in [2.05, 4.69) is 13.2 Å². The number of allylic oxidation sites excluding steroid dienone is 2. The number of rotatable bonds is 5. The Labute approximate surface area is 108 Å². The Morgan fingerprint density at radius 3 is 2.56 bits per heavy atom. The summed E-state index contributed by atoms with van der Waals surface area (Å²) in [6.07, 6.45) is 6.41. The molecule has 0 spiro atoms. The quantitative estimate of drug-likeness (QED) is 0.338. The third-order valence-electron chi connectivity index (χ3n) is 2.21. The highest BCUT2D eigenvalue weighted by atomic mass is 16.5. The van der Waals surface area contributed by atoms with E-state index < -0.39 is 5.97 Å². The number of esters is 1. The lowest BCUT2D eigenvalue weighted by Gasteiger charge is -1.99. The molecule has 0 N–H and O–H groups in total. The molecule has 1 aromatic rings. The van der Waals surface area contributed by atoms with E-state index in [1.165, 1.54) is 6.26 Å². The van der Waals surface area contributed by atoms with Gasteiger partial charge in [-0.3, -0.25) is 0 Å². The van der Waals surface area contributed by atoms with Crippen LogP contribution in [0.25, 0.3) is 6.08 Å². The maximum atomic E-state index is 11.5. The van der Waals surface area contributed by atoms with Crippen LogP contribution in [0.1, 0.15) is 12.5 Å². The summed E-state index contributed by atoms with van der Waals surface area (Å²) in [5, 5.41) is 0. The molecule has 18 heavy (non-hydrogen) atoms. The second kappa shape index (κ2) is 7.07. The number of carbonyl (C=O) groups excluding carboxylic acids is 1. The minimum atomic E-state index is -0.469. The average Bonchev–Trinajstić information content (AvgIpc) is 2.42. The fraction of sp³-hybridized carbons (Fsp3) is 0.0625. The van der Waals surface area contributed by atoms with Gasteiger partial charge in [-0.15, -0.1) is 0 Å². The van der Waals surface area contributed by atoms with Gasteiger partial charge in [-0.1, -0.05) is 55.6 Å². The summed E-state index contributed by atoms with van der Waals surface area (Å²) in [5.74, 6) is -0.469. The van der Waals surface area contributed by atoms with Gasteiger partial charge < -0.3 is 4.74 Å². The molecule has 0 atom stereocenters. The molecule has 1 aromatic carbocycles. The Morgan fingerprint density at radius 2 is 1.94 bits per heavy atom. The Bertz CT molecular complexity index is 493. The highest BCUT2D eigenvalue weighted by Crippen LogP contribution is 2.06. The van der Waals surface area contributed by atoms with E-state index in [1.54, 1.807) is 19.1 Å². The van der Waals surface area contributed by atoms with Gasteiger partial charge in [0.1, 0.15) is 0 Å². The smallest absolute Gasteiger partial charge is 0.342 e. The van der Waals surface area contributed by atoms with Crippen LogP contribution in [0.4, 0.5) is 0 Å². The van der Waals surface area contributed by atoms with Gasteiger partial charge in [-0.25, -0.2) is 4.79 Å². The highest BCUT2D eigenvalue weighted by Gasteiger charge is 2.03. The van der Waals surface area contributed by atoms with E-state index in [0.717, 1.165) is 11.1 Å². The fourth-order valence-electron chi connectivity index (χ4n) is 1.10. The number of carbonyl (C=O) groups is 1. The van der Waals surface area contributed by atoms with Crippen molar-refractivity contribution in [1.29, 1.82) is 0 Å². The van der Waals surface area contributed by atoms with Crippen LogP contribution in [0.2, 0.25) is 0 Å². The standard InChI is InChI=1S/C16H16O2/c1-4-13(2)12-18-16(17)14(3)10-11-15-8-6-5-7-9-15/h4-12H,1,3H2,2H3. The minimum absolute atomic E-state index is 0.298. The SMILES string of the molecule is C=CC(C)=COC(=O)C(=C)C=Cc1ccccc1. The molecular weight excluding hydrogens is 224 g/mol. The van der Waals surface area contributed by atoms with Crippen molar-refractivity contribution in [1.82, 2.24) is 0 Å². The summed E-state index contributed by atoms with van der Waals surface area (Å²) in [7, 11) is 0. The first-order valence-electron chi connectivity index (χ1n) is 5.55. The first-order valence-corrected chi connectivity index (χ1v) is 5.55. The number of hydrogen-bond donors (Lipinski definition) is 0. The lowest BCUT2D eigenvalue weighted by atomic mass is 10.2. The molecule has 1 rings (SSSR count). The molecule has 92 valence electrons. The molecule has 0 aliphatic carbocycles. The van der Waals surface area contributed by atoms with Crippen molar-refractivity contribution in [2.24, 2.45) is 0 Å². The van der Waals surface area contributed by atoms with Gasteiger partial charge in [-0.05, 0) is 24.1 Å². The molecule has 0 unspecified atom stereocenters. The van der Waals surface area contributed by atoms with Crippen LogP contribution in [0.3, 0.4) is 0 Å². The van der Waals surface area contributed by atoms with Crippen LogP contribution >= 0.6 is 0 Å². The van der Waals surface area contributed by atoms with E-state index >= 15 is 0 Å². The van der Waals surface area contributed by atoms with Gasteiger partial charge in [-0.2, -0.15) is 0 Å². The third kappa shape index (κ3) is 4.66. The molecule has 0 bridgehead atoms. The lowest BCUT2D eigenvalue weighted by molar-refractivity contribution is -0.133. The molecule has 0 aromatic heterocycles. The van der Waals surface area contributed by atoms with Crippen LogP contribution in [-0.2, 0) is 9.53 Å². The van der Waals surface area contributed by atoms with Crippen molar-refractivity contribution in [3.63, 3.8) is 0 Å². The van der Waals surface area contributed by atoms with Crippen molar-refractivity contribution < 1.29 is 9.53 Å². The fourth-order valence-corrected chi connectivity index (χ4v) is 1.10. The topological polar surface area (TPSA) is 26.3 Å². The van der Waals surface area contributed by atoms with Gasteiger partial charge in [0, 0.05) is 0 Å². The first kappa shape index (κ1) is 13.7. The van der Waals surface area contributed by atoms with E-state index in [1.807, 2.05) is 36.4 Å². The third-order valence-corrected chi connectivity index (χ3v) is 2.21. The van der Waals surface area contributed by atoms with Gasteiger partial charge >= 0.3 is 5.97 Å². The van der Waals surface area contributed by atoms with Gasteiger partial charge in [0.2, 0.25) is 0 Å². The Kier molecular flexibility index (Phi) is 5.39. The number of hydrogen-bond acceptors (Lipinski definition) is 2. The zero-order valence-electron chi connectivity index (χ0n) is 10.4. The van der Waals surface area contributed by atoms with Crippen LogP contribution in [0.5, 0.6) is 0 Å². The monoisotopic (exact) mass is 240 g/mol. The summed E-state index contributed by atoms with van der Waals surface area (Å²) in [6.45, 7) is 9.01. The molecule has 2 nitrogen and oxygen atoms in total. The van der Waals surface area contributed by atoms with Crippen LogP contribution in [0.15, 0.2) is 73.1 Å². The van der Waals surface area contributed by atoms with Crippen molar-refractivity contribution >= 4 is 12.0 Å². The van der Waals surface area contributed by atoms with Gasteiger partial charge in [0.15, 0.2) is 0 Å². The second-order valence-electron chi connectivity index (χ2n) is 3.74. The number of benzene rings is 1. The Hall–Kier alpha value is -2.35. The molecule has 0 saturated carbocycles.